The Bertz CT molecular complexity index is 1010. The summed E-state index contributed by atoms with van der Waals surface area (Å²) in [5.74, 6) is -0.0254. The van der Waals surface area contributed by atoms with E-state index >= 15 is 0 Å². The summed E-state index contributed by atoms with van der Waals surface area (Å²) in [4.78, 5) is 27.4. The van der Waals surface area contributed by atoms with E-state index in [4.69, 9.17) is 0 Å². The van der Waals surface area contributed by atoms with Crippen LogP contribution in [0.25, 0.3) is 10.9 Å². The van der Waals surface area contributed by atoms with Gasteiger partial charge in [0.2, 0.25) is 5.91 Å². The molecule has 0 saturated carbocycles. The van der Waals surface area contributed by atoms with Crippen LogP contribution in [-0.2, 0) is 4.79 Å². The Morgan fingerprint density at radius 2 is 1.70 bits per heavy atom. The van der Waals surface area contributed by atoms with Crippen LogP contribution in [0, 0.1) is 0 Å². The summed E-state index contributed by atoms with van der Waals surface area (Å²) in [6.45, 7) is 3.20. The zero-order valence-electron chi connectivity index (χ0n) is 15.3. The number of aromatic nitrogens is 3. The van der Waals surface area contributed by atoms with Crippen molar-refractivity contribution in [3.63, 3.8) is 0 Å². The Morgan fingerprint density at radius 3 is 2.44 bits per heavy atom. The highest BCUT2D eigenvalue weighted by atomic mass is 16.2. The van der Waals surface area contributed by atoms with Crippen LogP contribution in [0.1, 0.15) is 37.3 Å². The molecule has 1 aromatic heterocycles. The largest absolute Gasteiger partial charge is 0.342 e. The summed E-state index contributed by atoms with van der Waals surface area (Å²) >= 11 is 0. The number of carbonyl (C=O) groups is 1. The minimum Gasteiger partial charge on any atom is -0.342 e. The van der Waals surface area contributed by atoms with Gasteiger partial charge in [0.05, 0.1) is 17.3 Å². The Hall–Kier alpha value is -3.02. The van der Waals surface area contributed by atoms with E-state index in [1.807, 2.05) is 54.3 Å². The zero-order chi connectivity index (χ0) is 18.8. The van der Waals surface area contributed by atoms with E-state index in [0.717, 1.165) is 5.56 Å². The highest BCUT2D eigenvalue weighted by Crippen LogP contribution is 2.24. The van der Waals surface area contributed by atoms with Crippen molar-refractivity contribution in [1.82, 2.24) is 19.9 Å². The van der Waals surface area contributed by atoms with E-state index in [1.165, 1.54) is 4.68 Å². The summed E-state index contributed by atoms with van der Waals surface area (Å²) < 4.78 is 1.49. The number of piperidine rings is 1. The molecular formula is C21H22N4O2. The molecule has 1 fully saturated rings. The Balaban J connectivity index is 1.47. The van der Waals surface area contributed by atoms with Gasteiger partial charge in [-0.25, -0.2) is 4.68 Å². The maximum Gasteiger partial charge on any atom is 0.277 e. The van der Waals surface area contributed by atoms with E-state index in [0.29, 0.717) is 36.8 Å². The number of amides is 1. The van der Waals surface area contributed by atoms with Gasteiger partial charge in [0.15, 0.2) is 0 Å². The molecule has 2 aromatic carbocycles. The molecule has 1 amide bonds. The molecule has 6 nitrogen and oxygen atoms in total. The first-order chi connectivity index (χ1) is 13.1. The molecule has 27 heavy (non-hydrogen) atoms. The molecule has 0 aliphatic carbocycles. The van der Waals surface area contributed by atoms with Gasteiger partial charge in [-0.3, -0.25) is 9.59 Å². The highest BCUT2D eigenvalue weighted by molar-refractivity contribution is 5.83. The molecule has 4 rings (SSSR count). The van der Waals surface area contributed by atoms with Gasteiger partial charge in [-0.2, -0.15) is 0 Å². The molecule has 0 radical (unpaired) electrons. The van der Waals surface area contributed by atoms with Crippen molar-refractivity contribution in [3.05, 3.63) is 70.5 Å². The van der Waals surface area contributed by atoms with Crippen LogP contribution in [0.2, 0.25) is 0 Å². The average molecular weight is 362 g/mol. The van der Waals surface area contributed by atoms with Gasteiger partial charge in [-0.05, 0) is 37.5 Å². The second-order valence-corrected chi connectivity index (χ2v) is 7.05. The number of nitrogens with zero attached hydrogens (tertiary/aromatic N) is 4. The van der Waals surface area contributed by atoms with Crippen molar-refractivity contribution in [2.45, 2.75) is 31.7 Å². The van der Waals surface area contributed by atoms with Gasteiger partial charge in [0, 0.05) is 13.1 Å². The van der Waals surface area contributed by atoms with Crippen LogP contribution in [0.3, 0.4) is 0 Å². The van der Waals surface area contributed by atoms with Crippen LogP contribution in [0.4, 0.5) is 0 Å². The van der Waals surface area contributed by atoms with Gasteiger partial charge >= 0.3 is 0 Å². The Morgan fingerprint density at radius 1 is 1.04 bits per heavy atom. The maximum atomic E-state index is 12.8. The minimum atomic E-state index is -0.161. The number of hydrogen-bond acceptors (Lipinski definition) is 4. The van der Waals surface area contributed by atoms with E-state index in [-0.39, 0.29) is 23.4 Å². The second-order valence-electron chi connectivity index (χ2n) is 7.05. The molecule has 2 heterocycles. The molecule has 1 aliphatic heterocycles. The number of fused-ring (bicyclic) bond motifs is 1. The topological polar surface area (TPSA) is 68.1 Å². The number of benzene rings is 2. The second kappa shape index (κ2) is 7.31. The fraction of sp³-hybridized carbons (Fsp3) is 0.333. The summed E-state index contributed by atoms with van der Waals surface area (Å²) in [5, 5.41) is 8.89. The predicted octanol–water partition coefficient (Wildman–Crippen LogP) is 2.76. The Kier molecular flexibility index (Phi) is 4.71. The summed E-state index contributed by atoms with van der Waals surface area (Å²) in [6, 6.07) is 17.1. The van der Waals surface area contributed by atoms with E-state index in [2.05, 4.69) is 10.3 Å². The SMILES string of the molecule is CC(C(=O)N1CCC(n2nnc3ccccc3c2=O)CC1)c1ccccc1. The lowest BCUT2D eigenvalue weighted by molar-refractivity contribution is -0.133. The van der Waals surface area contributed by atoms with Crippen molar-refractivity contribution in [2.75, 3.05) is 13.1 Å². The minimum absolute atomic E-state index is 0.0225. The lowest BCUT2D eigenvalue weighted by atomic mass is 9.97. The maximum absolute atomic E-state index is 12.8. The smallest absolute Gasteiger partial charge is 0.277 e. The van der Waals surface area contributed by atoms with Crippen LogP contribution in [-0.4, -0.2) is 38.9 Å². The van der Waals surface area contributed by atoms with Gasteiger partial charge < -0.3 is 4.90 Å². The normalized spacial score (nSPS) is 16.4. The van der Waals surface area contributed by atoms with Crippen molar-refractivity contribution < 1.29 is 4.79 Å². The van der Waals surface area contributed by atoms with Crippen molar-refractivity contribution in [3.8, 4) is 0 Å². The number of rotatable bonds is 3. The van der Waals surface area contributed by atoms with Crippen LogP contribution in [0.5, 0.6) is 0 Å². The zero-order valence-corrected chi connectivity index (χ0v) is 15.3. The molecule has 3 aromatic rings. The fourth-order valence-corrected chi connectivity index (χ4v) is 3.73. The van der Waals surface area contributed by atoms with Crippen LogP contribution < -0.4 is 5.56 Å². The summed E-state index contributed by atoms with van der Waals surface area (Å²) in [5.41, 5.74) is 1.53. The predicted molar refractivity (Wildman–Crippen MR) is 104 cm³/mol. The number of carbonyl (C=O) groups excluding carboxylic acids is 1. The van der Waals surface area contributed by atoms with E-state index in [1.54, 1.807) is 12.1 Å². The lowest BCUT2D eigenvalue weighted by Gasteiger charge is -2.33. The quantitative estimate of drug-likeness (QED) is 0.718. The van der Waals surface area contributed by atoms with Crippen molar-refractivity contribution in [2.24, 2.45) is 0 Å². The first kappa shape index (κ1) is 17.4. The molecule has 1 unspecified atom stereocenters. The first-order valence-electron chi connectivity index (χ1n) is 9.33. The first-order valence-corrected chi connectivity index (χ1v) is 9.33. The van der Waals surface area contributed by atoms with Crippen LogP contribution in [0.15, 0.2) is 59.4 Å². The molecule has 0 spiro atoms. The molecule has 1 atom stereocenters. The number of hydrogen-bond donors (Lipinski definition) is 0. The molecule has 0 bridgehead atoms. The molecular weight excluding hydrogens is 340 g/mol. The van der Waals surface area contributed by atoms with Crippen molar-refractivity contribution >= 4 is 16.8 Å². The summed E-state index contributed by atoms with van der Waals surface area (Å²) in [7, 11) is 0. The average Bonchev–Trinajstić information content (AvgIpc) is 2.74. The van der Waals surface area contributed by atoms with Gasteiger partial charge in [0.25, 0.3) is 5.56 Å². The number of likely N-dealkylation sites (tertiary alicyclic amines) is 1. The van der Waals surface area contributed by atoms with Crippen molar-refractivity contribution in [1.29, 1.82) is 0 Å². The molecule has 6 heteroatoms. The molecule has 1 aliphatic rings. The molecule has 0 N–H and O–H groups in total. The van der Waals surface area contributed by atoms with Gasteiger partial charge in [-0.1, -0.05) is 47.7 Å². The summed E-state index contributed by atoms with van der Waals surface area (Å²) in [6.07, 6.45) is 1.42. The Labute approximate surface area is 157 Å². The van der Waals surface area contributed by atoms with E-state index < -0.39 is 0 Å². The third kappa shape index (κ3) is 3.35. The molecule has 138 valence electrons. The standard InChI is InChI=1S/C21H22N4O2/c1-15(16-7-3-2-4-8-16)20(26)24-13-11-17(12-14-24)25-21(27)18-9-5-6-10-19(18)22-23-25/h2-10,15,17H,11-14H2,1H3. The fourth-order valence-electron chi connectivity index (χ4n) is 3.73. The van der Waals surface area contributed by atoms with E-state index in [9.17, 15) is 9.59 Å². The third-order valence-electron chi connectivity index (χ3n) is 5.38. The van der Waals surface area contributed by atoms with Gasteiger partial charge in [0.1, 0.15) is 5.52 Å². The van der Waals surface area contributed by atoms with Crippen LogP contribution >= 0.6 is 0 Å². The monoisotopic (exact) mass is 362 g/mol. The highest BCUT2D eigenvalue weighted by Gasteiger charge is 2.28. The van der Waals surface area contributed by atoms with Gasteiger partial charge in [-0.15, -0.1) is 5.10 Å². The third-order valence-corrected chi connectivity index (χ3v) is 5.38. The lowest BCUT2D eigenvalue weighted by Crippen LogP contribution is -2.43. The molecule has 1 saturated heterocycles.